The van der Waals surface area contributed by atoms with E-state index in [-0.39, 0.29) is 35.4 Å². The lowest BCUT2D eigenvalue weighted by molar-refractivity contribution is 0.336. The zero-order chi connectivity index (χ0) is 21.7. The second-order valence-electron chi connectivity index (χ2n) is 6.29. The smallest absolute Gasteiger partial charge is 0.170 e. The average Bonchev–Trinajstić information content (AvgIpc) is 2.75. The zero-order valence-electron chi connectivity index (χ0n) is 16.4. The molecule has 0 radical (unpaired) electrons. The van der Waals surface area contributed by atoms with Crippen LogP contribution in [-0.2, 0) is 0 Å². The Kier molecular flexibility index (Phi) is 6.59. The quantitative estimate of drug-likeness (QED) is 0.474. The second-order valence-corrected chi connectivity index (χ2v) is 6.54. The van der Waals surface area contributed by atoms with E-state index in [9.17, 15) is 15.3 Å². The molecule has 0 bridgehead atoms. The average molecular weight is 429 g/mol. The highest BCUT2D eigenvalue weighted by Crippen LogP contribution is 2.50. The van der Waals surface area contributed by atoms with Gasteiger partial charge in [0.05, 0.1) is 19.8 Å². The molecule has 156 valence electrons. The predicted molar refractivity (Wildman–Crippen MR) is 116 cm³/mol. The summed E-state index contributed by atoms with van der Waals surface area (Å²) in [5.74, 6) is 0.791. The summed E-state index contributed by atoms with van der Waals surface area (Å²) in [5.41, 5.74) is 3.52. The molecule has 0 atom stereocenters. The van der Waals surface area contributed by atoms with Gasteiger partial charge in [-0.1, -0.05) is 29.8 Å². The van der Waals surface area contributed by atoms with Crippen molar-refractivity contribution in [2.75, 3.05) is 20.8 Å². The van der Waals surface area contributed by atoms with E-state index in [0.717, 1.165) is 5.56 Å². The molecule has 3 aromatic carbocycles. The molecule has 0 aliphatic heterocycles. The van der Waals surface area contributed by atoms with Crippen molar-refractivity contribution in [2.24, 2.45) is 0 Å². The van der Waals surface area contributed by atoms with E-state index in [0.29, 0.717) is 22.4 Å². The van der Waals surface area contributed by atoms with Gasteiger partial charge in [0.25, 0.3) is 0 Å². The molecule has 30 heavy (non-hydrogen) atoms. The summed E-state index contributed by atoms with van der Waals surface area (Å²) in [6.07, 6.45) is 1.59. The Bertz CT molecular complexity index is 1060. The van der Waals surface area contributed by atoms with Crippen molar-refractivity contribution in [1.29, 1.82) is 0 Å². The van der Waals surface area contributed by atoms with Crippen LogP contribution < -0.4 is 14.2 Å². The fraction of sp³-hybridized carbons (Fsp3) is 0.130. The number of benzene rings is 3. The van der Waals surface area contributed by atoms with Gasteiger partial charge in [-0.05, 0) is 47.5 Å². The molecule has 0 amide bonds. The number of hydrogen-bond acceptors (Lipinski definition) is 6. The standard InChI is InChI=1S/C23H21ClO6/c1-28-20-13-17(14-4-7-16(25)8-5-14)23(29-2)22(27)21(20)15-6-9-19(18(26)12-15)30-11-3-10-24/h3-10,12-13,25-27H,11H2,1-2H3. The SMILES string of the molecule is COc1cc(-c2ccc(O)cc2)c(OC)c(O)c1-c1ccc(OCC=CCl)c(O)c1. The van der Waals surface area contributed by atoms with Gasteiger partial charge in [0, 0.05) is 11.1 Å². The monoisotopic (exact) mass is 428 g/mol. The van der Waals surface area contributed by atoms with E-state index in [2.05, 4.69) is 0 Å². The molecule has 3 rings (SSSR count). The van der Waals surface area contributed by atoms with Crippen molar-refractivity contribution in [3.05, 3.63) is 60.1 Å². The van der Waals surface area contributed by atoms with Crippen molar-refractivity contribution in [3.8, 4) is 56.8 Å². The summed E-state index contributed by atoms with van der Waals surface area (Å²) in [6.45, 7) is 0.208. The molecule has 3 aromatic rings. The van der Waals surface area contributed by atoms with Crippen LogP contribution in [0.25, 0.3) is 22.3 Å². The van der Waals surface area contributed by atoms with Crippen molar-refractivity contribution < 1.29 is 29.5 Å². The van der Waals surface area contributed by atoms with Crippen LogP contribution in [0.1, 0.15) is 0 Å². The van der Waals surface area contributed by atoms with Crippen molar-refractivity contribution in [3.63, 3.8) is 0 Å². The van der Waals surface area contributed by atoms with Gasteiger partial charge in [-0.15, -0.1) is 0 Å². The number of halogens is 1. The minimum atomic E-state index is -0.141. The van der Waals surface area contributed by atoms with E-state index < -0.39 is 0 Å². The first-order chi connectivity index (χ1) is 14.5. The molecule has 0 saturated heterocycles. The Morgan fingerprint density at radius 3 is 2.17 bits per heavy atom. The first kappa shape index (κ1) is 21.2. The predicted octanol–water partition coefficient (Wildman–Crippen LogP) is 5.29. The summed E-state index contributed by atoms with van der Waals surface area (Å²) in [5, 5.41) is 30.9. The highest BCUT2D eigenvalue weighted by atomic mass is 35.5. The molecule has 0 aliphatic carbocycles. The number of ether oxygens (including phenoxy) is 3. The largest absolute Gasteiger partial charge is 0.508 e. The highest BCUT2D eigenvalue weighted by molar-refractivity contribution is 6.25. The summed E-state index contributed by atoms with van der Waals surface area (Å²) in [7, 11) is 2.94. The van der Waals surface area contributed by atoms with Crippen LogP contribution in [0.5, 0.6) is 34.5 Å². The number of phenolic OH excluding ortho intramolecular Hbond substituents is 3. The molecule has 6 nitrogen and oxygen atoms in total. The molecular formula is C23H21ClO6. The molecular weight excluding hydrogens is 408 g/mol. The maximum Gasteiger partial charge on any atom is 0.170 e. The summed E-state index contributed by atoms with van der Waals surface area (Å²) < 4.78 is 16.4. The van der Waals surface area contributed by atoms with Gasteiger partial charge in [-0.3, -0.25) is 0 Å². The van der Waals surface area contributed by atoms with Crippen LogP contribution in [0.4, 0.5) is 0 Å². The Hall–Kier alpha value is -3.51. The minimum Gasteiger partial charge on any atom is -0.508 e. The van der Waals surface area contributed by atoms with Crippen LogP contribution in [0.15, 0.2) is 60.1 Å². The first-order valence-corrected chi connectivity index (χ1v) is 9.42. The van der Waals surface area contributed by atoms with Crippen LogP contribution in [0, 0.1) is 0 Å². The topological polar surface area (TPSA) is 88.4 Å². The summed E-state index contributed by atoms with van der Waals surface area (Å²) >= 11 is 5.47. The van der Waals surface area contributed by atoms with Gasteiger partial charge in [0.1, 0.15) is 18.1 Å². The highest BCUT2D eigenvalue weighted by Gasteiger charge is 2.22. The number of methoxy groups -OCH3 is 2. The number of rotatable bonds is 7. The van der Waals surface area contributed by atoms with Gasteiger partial charge < -0.3 is 29.5 Å². The fourth-order valence-corrected chi connectivity index (χ4v) is 3.17. The van der Waals surface area contributed by atoms with E-state index in [1.165, 1.54) is 25.8 Å². The molecule has 0 unspecified atom stereocenters. The van der Waals surface area contributed by atoms with E-state index in [1.807, 2.05) is 0 Å². The van der Waals surface area contributed by atoms with Gasteiger partial charge in [-0.2, -0.15) is 0 Å². The number of phenols is 3. The zero-order valence-corrected chi connectivity index (χ0v) is 17.2. The molecule has 0 aromatic heterocycles. The molecule has 3 N–H and O–H groups in total. The molecule has 0 aliphatic rings. The Labute approximate surface area is 179 Å². The third-order valence-corrected chi connectivity index (χ3v) is 4.67. The molecule has 0 spiro atoms. The molecule has 0 heterocycles. The Morgan fingerprint density at radius 1 is 0.867 bits per heavy atom. The Morgan fingerprint density at radius 2 is 1.57 bits per heavy atom. The van der Waals surface area contributed by atoms with Crippen LogP contribution in [-0.4, -0.2) is 36.1 Å². The minimum absolute atomic E-state index is 0.0986. The number of aromatic hydroxyl groups is 3. The van der Waals surface area contributed by atoms with Crippen molar-refractivity contribution >= 4 is 11.6 Å². The Balaban J connectivity index is 2.11. The number of hydrogen-bond donors (Lipinski definition) is 3. The van der Waals surface area contributed by atoms with E-state index in [4.69, 9.17) is 25.8 Å². The van der Waals surface area contributed by atoms with Gasteiger partial charge in [0.15, 0.2) is 23.0 Å². The van der Waals surface area contributed by atoms with Gasteiger partial charge in [0.2, 0.25) is 0 Å². The fourth-order valence-electron chi connectivity index (χ4n) is 3.10. The van der Waals surface area contributed by atoms with E-state index in [1.54, 1.807) is 48.5 Å². The molecule has 0 saturated carbocycles. The van der Waals surface area contributed by atoms with Crippen LogP contribution >= 0.6 is 11.6 Å². The van der Waals surface area contributed by atoms with Gasteiger partial charge in [-0.25, -0.2) is 0 Å². The summed E-state index contributed by atoms with van der Waals surface area (Å²) in [4.78, 5) is 0. The van der Waals surface area contributed by atoms with Crippen molar-refractivity contribution in [1.82, 2.24) is 0 Å². The van der Waals surface area contributed by atoms with Crippen LogP contribution in [0.3, 0.4) is 0 Å². The maximum absolute atomic E-state index is 11.0. The molecule has 7 heteroatoms. The van der Waals surface area contributed by atoms with Gasteiger partial charge >= 0.3 is 0 Å². The third kappa shape index (κ3) is 4.23. The lowest BCUT2D eigenvalue weighted by Gasteiger charge is -2.18. The van der Waals surface area contributed by atoms with Crippen molar-refractivity contribution in [2.45, 2.75) is 0 Å². The maximum atomic E-state index is 11.0. The summed E-state index contributed by atoms with van der Waals surface area (Å²) in [6, 6.07) is 13.0. The lowest BCUT2D eigenvalue weighted by atomic mass is 9.96. The van der Waals surface area contributed by atoms with Crippen LogP contribution in [0.2, 0.25) is 0 Å². The first-order valence-electron chi connectivity index (χ1n) is 8.98. The second kappa shape index (κ2) is 9.33. The normalized spacial score (nSPS) is 10.9. The third-order valence-electron chi connectivity index (χ3n) is 4.49. The van der Waals surface area contributed by atoms with E-state index >= 15 is 0 Å². The molecule has 0 fully saturated rings. The lowest BCUT2D eigenvalue weighted by Crippen LogP contribution is -1.96.